The fraction of sp³-hybridized carbons (Fsp3) is 0.462. The Morgan fingerprint density at radius 3 is 2.53 bits per heavy atom. The number of hydrogen-bond acceptors (Lipinski definition) is 3. The van der Waals surface area contributed by atoms with Crippen LogP contribution in [0, 0.1) is 3.57 Å². The molecule has 0 saturated heterocycles. The minimum absolute atomic E-state index is 0.140. The SMILES string of the molecule is CCN(CCCO)CC(=O)c1ccc(I)cc1. The number of carbonyl (C=O) groups is 1. The molecule has 0 unspecified atom stereocenters. The number of halogens is 1. The van der Waals surface area contributed by atoms with Gasteiger partial charge in [-0.2, -0.15) is 0 Å². The number of carbonyl (C=O) groups excluding carboxylic acids is 1. The molecule has 1 rings (SSSR count). The van der Waals surface area contributed by atoms with Gasteiger partial charge in [0.2, 0.25) is 0 Å². The van der Waals surface area contributed by atoms with Crippen molar-refractivity contribution in [2.75, 3.05) is 26.2 Å². The monoisotopic (exact) mass is 347 g/mol. The second-order valence-corrected chi connectivity index (χ2v) is 5.12. The van der Waals surface area contributed by atoms with E-state index in [2.05, 4.69) is 27.5 Å². The first kappa shape index (κ1) is 14.6. The molecule has 0 spiro atoms. The first-order valence-corrected chi connectivity index (χ1v) is 6.87. The molecule has 0 atom stereocenters. The summed E-state index contributed by atoms with van der Waals surface area (Å²) in [6, 6.07) is 7.61. The van der Waals surface area contributed by atoms with E-state index in [9.17, 15) is 4.79 Å². The highest BCUT2D eigenvalue weighted by Gasteiger charge is 2.10. The minimum Gasteiger partial charge on any atom is -0.396 e. The Morgan fingerprint density at radius 1 is 1.35 bits per heavy atom. The van der Waals surface area contributed by atoms with Crippen molar-refractivity contribution in [1.29, 1.82) is 0 Å². The molecule has 0 radical (unpaired) electrons. The largest absolute Gasteiger partial charge is 0.396 e. The number of hydrogen-bond donors (Lipinski definition) is 1. The van der Waals surface area contributed by atoms with E-state index in [-0.39, 0.29) is 12.4 Å². The summed E-state index contributed by atoms with van der Waals surface area (Å²) in [4.78, 5) is 14.0. The Morgan fingerprint density at radius 2 is 2.00 bits per heavy atom. The van der Waals surface area contributed by atoms with Crippen LogP contribution in [0.2, 0.25) is 0 Å². The van der Waals surface area contributed by atoms with E-state index in [0.29, 0.717) is 13.0 Å². The number of benzene rings is 1. The maximum absolute atomic E-state index is 12.0. The zero-order valence-electron chi connectivity index (χ0n) is 10.0. The molecule has 0 saturated carbocycles. The van der Waals surface area contributed by atoms with Crippen molar-refractivity contribution in [2.24, 2.45) is 0 Å². The number of aliphatic hydroxyl groups excluding tert-OH is 1. The van der Waals surface area contributed by atoms with Crippen molar-refractivity contribution in [3.63, 3.8) is 0 Å². The third-order valence-corrected chi connectivity index (χ3v) is 3.33. The molecule has 1 N–H and O–H groups in total. The van der Waals surface area contributed by atoms with Crippen LogP contribution in [0.5, 0.6) is 0 Å². The maximum atomic E-state index is 12.0. The molecule has 0 aliphatic heterocycles. The fourth-order valence-electron chi connectivity index (χ4n) is 1.57. The van der Waals surface area contributed by atoms with Gasteiger partial charge >= 0.3 is 0 Å². The molecular formula is C13H18INO2. The van der Waals surface area contributed by atoms with Crippen LogP contribution in [-0.4, -0.2) is 42.0 Å². The molecule has 3 nitrogen and oxygen atoms in total. The summed E-state index contributed by atoms with van der Waals surface area (Å²) in [7, 11) is 0. The van der Waals surface area contributed by atoms with Gasteiger partial charge in [0, 0.05) is 22.3 Å². The van der Waals surface area contributed by atoms with Crippen LogP contribution in [0.1, 0.15) is 23.7 Å². The number of aliphatic hydroxyl groups is 1. The second-order valence-electron chi connectivity index (χ2n) is 3.88. The normalized spacial score (nSPS) is 10.8. The smallest absolute Gasteiger partial charge is 0.176 e. The average molecular weight is 347 g/mol. The third kappa shape index (κ3) is 5.14. The Hall–Kier alpha value is -0.460. The zero-order valence-corrected chi connectivity index (χ0v) is 12.2. The second kappa shape index (κ2) is 7.79. The molecular weight excluding hydrogens is 329 g/mol. The predicted octanol–water partition coefficient (Wildman–Crippen LogP) is 2.18. The highest BCUT2D eigenvalue weighted by molar-refractivity contribution is 14.1. The lowest BCUT2D eigenvalue weighted by Gasteiger charge is -2.18. The Labute approximate surface area is 116 Å². The first-order valence-electron chi connectivity index (χ1n) is 5.79. The Bertz CT molecular complexity index is 351. The van der Waals surface area contributed by atoms with Crippen LogP contribution in [0.3, 0.4) is 0 Å². The summed E-state index contributed by atoms with van der Waals surface area (Å²) in [6.45, 7) is 4.23. The lowest BCUT2D eigenvalue weighted by molar-refractivity contribution is 0.0928. The van der Waals surface area contributed by atoms with E-state index in [0.717, 1.165) is 22.2 Å². The van der Waals surface area contributed by atoms with Crippen molar-refractivity contribution in [3.8, 4) is 0 Å². The van der Waals surface area contributed by atoms with Crippen molar-refractivity contribution in [3.05, 3.63) is 33.4 Å². The van der Waals surface area contributed by atoms with Gasteiger partial charge in [0.25, 0.3) is 0 Å². The summed E-state index contributed by atoms with van der Waals surface area (Å²) < 4.78 is 1.13. The summed E-state index contributed by atoms with van der Waals surface area (Å²) in [5.41, 5.74) is 0.757. The van der Waals surface area contributed by atoms with E-state index < -0.39 is 0 Å². The molecule has 1 aromatic carbocycles. The molecule has 0 aliphatic rings. The number of rotatable bonds is 7. The van der Waals surface area contributed by atoms with Crippen LogP contribution in [0.4, 0.5) is 0 Å². The van der Waals surface area contributed by atoms with Gasteiger partial charge in [-0.1, -0.05) is 19.1 Å². The molecule has 0 aromatic heterocycles. The van der Waals surface area contributed by atoms with E-state index >= 15 is 0 Å². The van der Waals surface area contributed by atoms with E-state index in [1.165, 1.54) is 0 Å². The minimum atomic E-state index is 0.140. The number of likely N-dealkylation sites (N-methyl/N-ethyl adjacent to an activating group) is 1. The molecule has 0 bridgehead atoms. The van der Waals surface area contributed by atoms with Gasteiger partial charge in [0.05, 0.1) is 6.54 Å². The topological polar surface area (TPSA) is 40.5 Å². The van der Waals surface area contributed by atoms with Gasteiger partial charge < -0.3 is 5.11 Å². The molecule has 1 aromatic rings. The zero-order chi connectivity index (χ0) is 12.7. The lowest BCUT2D eigenvalue weighted by Crippen LogP contribution is -2.31. The first-order chi connectivity index (χ1) is 8.17. The lowest BCUT2D eigenvalue weighted by atomic mass is 10.1. The van der Waals surface area contributed by atoms with Crippen LogP contribution in [0.25, 0.3) is 0 Å². The number of Topliss-reactive ketones (excluding diaryl/α,β-unsaturated/α-hetero) is 1. The molecule has 0 amide bonds. The number of nitrogens with zero attached hydrogens (tertiary/aromatic N) is 1. The van der Waals surface area contributed by atoms with Crippen molar-refractivity contribution >= 4 is 28.4 Å². The molecule has 94 valence electrons. The summed E-state index contributed by atoms with van der Waals surface area (Å²) in [5.74, 6) is 0.140. The predicted molar refractivity (Wildman–Crippen MR) is 77.3 cm³/mol. The number of ketones is 1. The van der Waals surface area contributed by atoms with E-state index in [1.807, 2.05) is 31.2 Å². The third-order valence-electron chi connectivity index (χ3n) is 2.61. The standard InChI is InChI=1S/C13H18INO2/c1-2-15(8-3-9-16)10-13(17)11-4-6-12(14)7-5-11/h4-7,16H,2-3,8-10H2,1H3. The Kier molecular flexibility index (Phi) is 6.69. The molecule has 0 aliphatic carbocycles. The van der Waals surface area contributed by atoms with Crippen molar-refractivity contribution < 1.29 is 9.90 Å². The van der Waals surface area contributed by atoms with Crippen LogP contribution in [-0.2, 0) is 0 Å². The van der Waals surface area contributed by atoms with Gasteiger partial charge in [0.15, 0.2) is 5.78 Å². The highest BCUT2D eigenvalue weighted by atomic mass is 127. The van der Waals surface area contributed by atoms with Crippen molar-refractivity contribution in [2.45, 2.75) is 13.3 Å². The molecule has 0 fully saturated rings. The molecule has 17 heavy (non-hydrogen) atoms. The van der Waals surface area contributed by atoms with Gasteiger partial charge in [-0.25, -0.2) is 0 Å². The summed E-state index contributed by atoms with van der Waals surface area (Å²) in [5, 5.41) is 8.78. The fourth-order valence-corrected chi connectivity index (χ4v) is 1.93. The molecule has 0 heterocycles. The quantitative estimate of drug-likeness (QED) is 0.607. The van der Waals surface area contributed by atoms with E-state index in [4.69, 9.17) is 5.11 Å². The van der Waals surface area contributed by atoms with Crippen LogP contribution in [0.15, 0.2) is 24.3 Å². The highest BCUT2D eigenvalue weighted by Crippen LogP contribution is 2.08. The summed E-state index contributed by atoms with van der Waals surface area (Å²) in [6.07, 6.45) is 0.716. The average Bonchev–Trinajstić information content (AvgIpc) is 2.35. The maximum Gasteiger partial charge on any atom is 0.176 e. The van der Waals surface area contributed by atoms with Gasteiger partial charge in [-0.3, -0.25) is 9.69 Å². The van der Waals surface area contributed by atoms with Gasteiger partial charge in [-0.15, -0.1) is 0 Å². The van der Waals surface area contributed by atoms with Crippen LogP contribution >= 0.6 is 22.6 Å². The van der Waals surface area contributed by atoms with Crippen molar-refractivity contribution in [1.82, 2.24) is 4.90 Å². The van der Waals surface area contributed by atoms with Gasteiger partial charge in [0.1, 0.15) is 0 Å². The molecule has 4 heteroatoms. The van der Waals surface area contributed by atoms with Crippen LogP contribution < -0.4 is 0 Å². The van der Waals surface area contributed by atoms with E-state index in [1.54, 1.807) is 0 Å². The summed E-state index contributed by atoms with van der Waals surface area (Å²) >= 11 is 2.22. The van der Waals surface area contributed by atoms with Gasteiger partial charge in [-0.05, 0) is 47.7 Å². The Balaban J connectivity index is 2.54.